The molecule has 0 aliphatic carbocycles. The first-order chi connectivity index (χ1) is 15.8. The van der Waals surface area contributed by atoms with E-state index in [9.17, 15) is 13.2 Å². The SMILES string of the molecule is Cc1ccc(S(=O)(=O)Nc2cnc(N3CCNCC3)c(C(=O)NC[C@@H]3CCCO3)c2)cc1C. The first-order valence-electron chi connectivity index (χ1n) is 11.3. The quantitative estimate of drug-likeness (QED) is 0.562. The fourth-order valence-electron chi connectivity index (χ4n) is 4.01. The zero-order chi connectivity index (χ0) is 23.4. The van der Waals surface area contributed by atoms with Crippen molar-refractivity contribution in [1.29, 1.82) is 0 Å². The van der Waals surface area contributed by atoms with Crippen LogP contribution in [-0.4, -0.2) is 64.7 Å². The van der Waals surface area contributed by atoms with Crippen LogP contribution >= 0.6 is 0 Å². The number of nitrogens with zero attached hydrogens (tertiary/aromatic N) is 2. The number of aryl methyl sites for hydroxylation is 2. The monoisotopic (exact) mass is 473 g/mol. The van der Waals surface area contributed by atoms with Crippen molar-refractivity contribution in [2.45, 2.75) is 37.7 Å². The Kier molecular flexibility index (Phi) is 7.16. The van der Waals surface area contributed by atoms with Gasteiger partial charge in [0.05, 0.1) is 28.4 Å². The number of anilines is 2. The van der Waals surface area contributed by atoms with E-state index in [2.05, 4.69) is 20.3 Å². The van der Waals surface area contributed by atoms with Gasteiger partial charge in [-0.3, -0.25) is 9.52 Å². The Morgan fingerprint density at radius 1 is 1.21 bits per heavy atom. The average molecular weight is 474 g/mol. The third-order valence-electron chi connectivity index (χ3n) is 6.08. The number of nitrogens with one attached hydrogen (secondary N) is 3. The summed E-state index contributed by atoms with van der Waals surface area (Å²) in [6, 6.07) is 6.55. The fraction of sp³-hybridized carbons (Fsp3) is 0.478. The molecule has 2 aromatic rings. The molecule has 0 spiro atoms. The van der Waals surface area contributed by atoms with Crippen molar-refractivity contribution >= 4 is 27.4 Å². The van der Waals surface area contributed by atoms with Crippen molar-refractivity contribution in [3.8, 4) is 0 Å². The van der Waals surface area contributed by atoms with Gasteiger partial charge in [-0.25, -0.2) is 13.4 Å². The van der Waals surface area contributed by atoms with E-state index in [1.807, 2.05) is 18.7 Å². The number of rotatable bonds is 7. The Bertz CT molecular complexity index is 1110. The molecule has 2 fully saturated rings. The summed E-state index contributed by atoms with van der Waals surface area (Å²) in [5.41, 5.74) is 2.49. The van der Waals surface area contributed by atoms with Gasteiger partial charge in [0.2, 0.25) is 0 Å². The Labute approximate surface area is 195 Å². The van der Waals surface area contributed by atoms with Crippen LogP contribution in [0.5, 0.6) is 0 Å². The molecule has 2 saturated heterocycles. The molecule has 4 rings (SSSR count). The normalized spacial score (nSPS) is 18.8. The lowest BCUT2D eigenvalue weighted by Crippen LogP contribution is -2.45. The molecule has 0 radical (unpaired) electrons. The van der Waals surface area contributed by atoms with Crippen LogP contribution in [0.3, 0.4) is 0 Å². The minimum Gasteiger partial charge on any atom is -0.376 e. The van der Waals surface area contributed by atoms with Gasteiger partial charge in [-0.2, -0.15) is 0 Å². The topological polar surface area (TPSA) is 113 Å². The molecule has 3 heterocycles. The highest BCUT2D eigenvalue weighted by Gasteiger charge is 2.24. The standard InChI is InChI=1S/C23H31N5O4S/c1-16-5-6-20(12-17(16)2)33(30,31)27-18-13-21(23(29)26-15-19-4-3-11-32-19)22(25-14-18)28-9-7-24-8-10-28/h5-6,12-14,19,24,27H,3-4,7-11,15H2,1-2H3,(H,26,29)/t19-/m0/s1. The molecule has 0 bridgehead atoms. The molecule has 3 N–H and O–H groups in total. The lowest BCUT2D eigenvalue weighted by molar-refractivity contribution is 0.0858. The summed E-state index contributed by atoms with van der Waals surface area (Å²) >= 11 is 0. The molecule has 33 heavy (non-hydrogen) atoms. The van der Waals surface area contributed by atoms with Crippen LogP contribution < -0.4 is 20.3 Å². The number of pyridine rings is 1. The van der Waals surface area contributed by atoms with Crippen LogP contribution in [0.15, 0.2) is 35.4 Å². The number of piperazine rings is 1. The summed E-state index contributed by atoms with van der Waals surface area (Å²) in [6.07, 6.45) is 3.38. The van der Waals surface area contributed by atoms with E-state index in [0.29, 0.717) is 37.6 Å². The minimum atomic E-state index is -3.82. The van der Waals surface area contributed by atoms with Crippen LogP contribution in [0.2, 0.25) is 0 Å². The molecule has 1 aromatic carbocycles. The summed E-state index contributed by atoms with van der Waals surface area (Å²) in [5.74, 6) is 0.259. The van der Waals surface area contributed by atoms with Gasteiger partial charge in [0.25, 0.3) is 15.9 Å². The number of amides is 1. The highest BCUT2D eigenvalue weighted by molar-refractivity contribution is 7.92. The average Bonchev–Trinajstić information content (AvgIpc) is 3.33. The van der Waals surface area contributed by atoms with Gasteiger partial charge in [0, 0.05) is 39.3 Å². The van der Waals surface area contributed by atoms with Gasteiger partial charge in [0.1, 0.15) is 5.82 Å². The first-order valence-corrected chi connectivity index (χ1v) is 12.8. The van der Waals surface area contributed by atoms with Crippen LogP contribution in [-0.2, 0) is 14.8 Å². The summed E-state index contributed by atoms with van der Waals surface area (Å²) in [5, 5.41) is 6.22. The van der Waals surface area contributed by atoms with E-state index in [1.54, 1.807) is 24.3 Å². The molecule has 178 valence electrons. The second-order valence-electron chi connectivity index (χ2n) is 8.53. The van der Waals surface area contributed by atoms with E-state index < -0.39 is 10.0 Å². The first kappa shape index (κ1) is 23.5. The zero-order valence-corrected chi connectivity index (χ0v) is 19.9. The lowest BCUT2D eigenvalue weighted by Gasteiger charge is -2.30. The molecular weight excluding hydrogens is 442 g/mol. The van der Waals surface area contributed by atoms with Gasteiger partial charge < -0.3 is 20.3 Å². The molecule has 2 aliphatic heterocycles. The van der Waals surface area contributed by atoms with Gasteiger partial charge in [-0.05, 0) is 56.0 Å². The van der Waals surface area contributed by atoms with Crippen LogP contribution in [0.4, 0.5) is 11.5 Å². The minimum absolute atomic E-state index is 0.0102. The molecular formula is C23H31N5O4S. The van der Waals surface area contributed by atoms with Crippen LogP contribution in [0.25, 0.3) is 0 Å². The summed E-state index contributed by atoms with van der Waals surface area (Å²) in [4.78, 5) is 19.8. The molecule has 0 saturated carbocycles. The predicted octanol–water partition coefficient (Wildman–Crippen LogP) is 1.82. The van der Waals surface area contributed by atoms with Crippen molar-refractivity contribution in [1.82, 2.24) is 15.6 Å². The molecule has 0 unspecified atom stereocenters. The fourth-order valence-corrected chi connectivity index (χ4v) is 5.13. The Morgan fingerprint density at radius 3 is 2.70 bits per heavy atom. The number of carbonyl (C=O) groups excluding carboxylic acids is 1. The van der Waals surface area contributed by atoms with Crippen molar-refractivity contribution in [3.05, 3.63) is 47.2 Å². The van der Waals surface area contributed by atoms with Crippen molar-refractivity contribution in [2.75, 3.05) is 49.0 Å². The smallest absolute Gasteiger partial charge is 0.261 e. The van der Waals surface area contributed by atoms with Crippen molar-refractivity contribution < 1.29 is 17.9 Å². The van der Waals surface area contributed by atoms with E-state index in [0.717, 1.165) is 37.1 Å². The van der Waals surface area contributed by atoms with Crippen LogP contribution in [0, 0.1) is 13.8 Å². The number of ether oxygens (including phenoxy) is 1. The van der Waals surface area contributed by atoms with E-state index >= 15 is 0 Å². The van der Waals surface area contributed by atoms with Gasteiger partial charge in [0.15, 0.2) is 0 Å². The number of sulfonamides is 1. The highest BCUT2D eigenvalue weighted by Crippen LogP contribution is 2.25. The molecule has 1 aromatic heterocycles. The molecule has 2 aliphatic rings. The van der Waals surface area contributed by atoms with Crippen molar-refractivity contribution in [2.24, 2.45) is 0 Å². The van der Waals surface area contributed by atoms with Crippen molar-refractivity contribution in [3.63, 3.8) is 0 Å². The number of hydrogen-bond donors (Lipinski definition) is 3. The molecule has 10 heteroatoms. The van der Waals surface area contributed by atoms with E-state index in [-0.39, 0.29) is 22.6 Å². The maximum absolute atomic E-state index is 13.1. The number of benzene rings is 1. The number of aromatic nitrogens is 1. The Hall–Kier alpha value is -2.69. The largest absolute Gasteiger partial charge is 0.376 e. The summed E-state index contributed by atoms with van der Waals surface area (Å²) < 4.78 is 34.1. The Morgan fingerprint density at radius 2 is 2.00 bits per heavy atom. The second-order valence-corrected chi connectivity index (χ2v) is 10.2. The molecule has 9 nitrogen and oxygen atoms in total. The number of hydrogen-bond acceptors (Lipinski definition) is 7. The van der Waals surface area contributed by atoms with Gasteiger partial charge >= 0.3 is 0 Å². The zero-order valence-electron chi connectivity index (χ0n) is 19.1. The second kappa shape index (κ2) is 10.1. The lowest BCUT2D eigenvalue weighted by atomic mass is 10.1. The Balaban J connectivity index is 1.59. The maximum atomic E-state index is 13.1. The predicted molar refractivity (Wildman–Crippen MR) is 127 cm³/mol. The molecule has 1 atom stereocenters. The van der Waals surface area contributed by atoms with E-state index in [4.69, 9.17) is 4.74 Å². The van der Waals surface area contributed by atoms with Gasteiger partial charge in [-0.1, -0.05) is 6.07 Å². The summed E-state index contributed by atoms with van der Waals surface area (Å²) in [6.45, 7) is 7.94. The van der Waals surface area contributed by atoms with E-state index in [1.165, 1.54) is 6.20 Å². The maximum Gasteiger partial charge on any atom is 0.261 e. The highest BCUT2D eigenvalue weighted by atomic mass is 32.2. The van der Waals surface area contributed by atoms with Crippen LogP contribution in [0.1, 0.15) is 34.3 Å². The third kappa shape index (κ3) is 5.63. The number of carbonyl (C=O) groups is 1. The van der Waals surface area contributed by atoms with Gasteiger partial charge in [-0.15, -0.1) is 0 Å². The summed E-state index contributed by atoms with van der Waals surface area (Å²) in [7, 11) is -3.82. The third-order valence-corrected chi connectivity index (χ3v) is 7.46. The molecule has 1 amide bonds.